The topological polar surface area (TPSA) is 78.1 Å². The maximum Gasteiger partial charge on any atom is 0.196 e. The molecule has 1 aromatic carbocycles. The standard InChI is InChI=1S/C18H16N4O2/c19-12-13(18-20-15-3-1-2-4-16(15)21-18)11-14-5-6-17(24-14)22-7-9-23-10-8-22/h1-6,11H,7-10H2,(H,20,21)/b13-11+. The zero-order chi connectivity index (χ0) is 16.4. The van der Waals surface area contributed by atoms with Gasteiger partial charge in [-0.3, -0.25) is 0 Å². The van der Waals surface area contributed by atoms with Gasteiger partial charge in [-0.2, -0.15) is 5.26 Å². The Labute approximate surface area is 139 Å². The van der Waals surface area contributed by atoms with Crippen LogP contribution in [0.4, 0.5) is 5.88 Å². The van der Waals surface area contributed by atoms with Crippen LogP contribution in [0.25, 0.3) is 22.7 Å². The summed E-state index contributed by atoms with van der Waals surface area (Å²) in [6.45, 7) is 3.03. The van der Waals surface area contributed by atoms with E-state index in [-0.39, 0.29) is 0 Å². The van der Waals surface area contributed by atoms with Crippen LogP contribution in [0, 0.1) is 11.3 Å². The zero-order valence-electron chi connectivity index (χ0n) is 13.0. The number of aromatic nitrogens is 2. The van der Waals surface area contributed by atoms with Gasteiger partial charge in [0, 0.05) is 25.2 Å². The largest absolute Gasteiger partial charge is 0.441 e. The van der Waals surface area contributed by atoms with Crippen molar-refractivity contribution in [2.45, 2.75) is 0 Å². The summed E-state index contributed by atoms with van der Waals surface area (Å²) in [5, 5.41) is 9.47. The lowest BCUT2D eigenvalue weighted by atomic mass is 10.2. The first kappa shape index (κ1) is 14.5. The van der Waals surface area contributed by atoms with E-state index in [0.717, 1.165) is 30.0 Å². The van der Waals surface area contributed by atoms with Gasteiger partial charge in [-0.25, -0.2) is 4.98 Å². The number of benzene rings is 1. The third-order valence-corrected chi connectivity index (χ3v) is 3.99. The van der Waals surface area contributed by atoms with E-state index in [1.54, 1.807) is 6.08 Å². The number of para-hydroxylation sites is 2. The van der Waals surface area contributed by atoms with Gasteiger partial charge < -0.3 is 19.0 Å². The van der Waals surface area contributed by atoms with E-state index in [1.807, 2.05) is 36.4 Å². The zero-order valence-corrected chi connectivity index (χ0v) is 13.0. The molecule has 0 spiro atoms. The fourth-order valence-corrected chi connectivity index (χ4v) is 2.75. The summed E-state index contributed by atoms with van der Waals surface area (Å²) in [5.74, 6) is 1.97. The molecular formula is C18H16N4O2. The van der Waals surface area contributed by atoms with Crippen LogP contribution in [0.1, 0.15) is 11.6 Å². The number of nitrogens with zero attached hydrogens (tertiary/aromatic N) is 3. The molecule has 6 nitrogen and oxygen atoms in total. The lowest BCUT2D eigenvalue weighted by Crippen LogP contribution is -2.35. The predicted octanol–water partition coefficient (Wildman–Crippen LogP) is 3.06. The van der Waals surface area contributed by atoms with E-state index in [4.69, 9.17) is 9.15 Å². The first-order chi connectivity index (χ1) is 11.8. The second kappa shape index (κ2) is 6.22. The second-order valence-electron chi connectivity index (χ2n) is 5.55. The molecule has 0 aliphatic carbocycles. The van der Waals surface area contributed by atoms with Crippen LogP contribution in [0.5, 0.6) is 0 Å². The number of hydrogen-bond donors (Lipinski definition) is 1. The van der Waals surface area contributed by atoms with Gasteiger partial charge in [-0.05, 0) is 18.2 Å². The Bertz CT molecular complexity index is 893. The maximum atomic E-state index is 9.47. The molecule has 1 aliphatic rings. The van der Waals surface area contributed by atoms with Crippen molar-refractivity contribution in [1.82, 2.24) is 9.97 Å². The summed E-state index contributed by atoms with van der Waals surface area (Å²) in [5.41, 5.74) is 2.18. The number of H-pyrrole nitrogens is 1. The molecule has 120 valence electrons. The van der Waals surface area contributed by atoms with Crippen molar-refractivity contribution in [3.05, 3.63) is 48.0 Å². The summed E-state index contributed by atoms with van der Waals surface area (Å²) in [4.78, 5) is 9.76. The third kappa shape index (κ3) is 2.77. The lowest BCUT2D eigenvalue weighted by molar-refractivity contribution is 0.120. The lowest BCUT2D eigenvalue weighted by Gasteiger charge is -2.26. The van der Waals surface area contributed by atoms with Crippen LogP contribution in [-0.2, 0) is 4.74 Å². The van der Waals surface area contributed by atoms with Gasteiger partial charge in [0.05, 0.1) is 29.8 Å². The summed E-state index contributed by atoms with van der Waals surface area (Å²) in [6.07, 6.45) is 1.71. The molecule has 0 radical (unpaired) electrons. The van der Waals surface area contributed by atoms with Gasteiger partial charge >= 0.3 is 0 Å². The van der Waals surface area contributed by atoms with Crippen LogP contribution in [0.15, 0.2) is 40.8 Å². The minimum atomic E-state index is 0.439. The molecule has 1 saturated heterocycles. The number of imidazole rings is 1. The SMILES string of the molecule is N#C/C(=C\c1ccc(N2CCOCC2)o1)c1nc2ccccc2[nH]1. The molecule has 1 fully saturated rings. The number of morpholine rings is 1. The highest BCUT2D eigenvalue weighted by molar-refractivity contribution is 5.89. The monoisotopic (exact) mass is 320 g/mol. The van der Waals surface area contributed by atoms with Crippen LogP contribution in [0.2, 0.25) is 0 Å². The molecular weight excluding hydrogens is 304 g/mol. The van der Waals surface area contributed by atoms with Crippen molar-refractivity contribution in [2.75, 3.05) is 31.2 Å². The maximum absolute atomic E-state index is 9.47. The van der Waals surface area contributed by atoms with E-state index in [0.29, 0.717) is 30.4 Å². The second-order valence-corrected chi connectivity index (χ2v) is 5.55. The first-order valence-electron chi connectivity index (χ1n) is 7.83. The van der Waals surface area contributed by atoms with Crippen LogP contribution in [-0.4, -0.2) is 36.3 Å². The third-order valence-electron chi connectivity index (χ3n) is 3.99. The fourth-order valence-electron chi connectivity index (χ4n) is 2.75. The fraction of sp³-hybridized carbons (Fsp3) is 0.222. The molecule has 0 unspecified atom stereocenters. The van der Waals surface area contributed by atoms with Crippen molar-refractivity contribution < 1.29 is 9.15 Å². The summed E-state index contributed by atoms with van der Waals surface area (Å²) >= 11 is 0. The van der Waals surface area contributed by atoms with Gasteiger partial charge in [-0.1, -0.05) is 12.1 Å². The molecule has 4 rings (SSSR count). The summed E-state index contributed by atoms with van der Waals surface area (Å²) in [6, 6.07) is 13.7. The number of allylic oxidation sites excluding steroid dienone is 1. The van der Waals surface area contributed by atoms with Gasteiger partial charge in [0.2, 0.25) is 0 Å². The van der Waals surface area contributed by atoms with Crippen molar-refractivity contribution in [1.29, 1.82) is 5.26 Å². The Hall–Kier alpha value is -3.04. The normalized spacial score (nSPS) is 15.6. The van der Waals surface area contributed by atoms with E-state index >= 15 is 0 Å². The molecule has 2 aromatic heterocycles. The van der Waals surface area contributed by atoms with Crippen molar-refractivity contribution in [3.8, 4) is 6.07 Å². The molecule has 6 heteroatoms. The van der Waals surface area contributed by atoms with Gasteiger partial charge in [0.25, 0.3) is 0 Å². The van der Waals surface area contributed by atoms with Gasteiger partial charge in [0.1, 0.15) is 17.7 Å². The number of rotatable bonds is 3. The number of nitriles is 1. The van der Waals surface area contributed by atoms with Crippen molar-refractivity contribution in [2.24, 2.45) is 0 Å². The van der Waals surface area contributed by atoms with Gasteiger partial charge in [-0.15, -0.1) is 0 Å². The van der Waals surface area contributed by atoms with E-state index in [2.05, 4.69) is 20.9 Å². The molecule has 1 N–H and O–H groups in total. The molecule has 0 bridgehead atoms. The van der Waals surface area contributed by atoms with Crippen LogP contribution >= 0.6 is 0 Å². The molecule has 3 aromatic rings. The molecule has 1 aliphatic heterocycles. The Morgan fingerprint density at radius 3 is 2.83 bits per heavy atom. The number of anilines is 1. The van der Waals surface area contributed by atoms with Crippen molar-refractivity contribution in [3.63, 3.8) is 0 Å². The van der Waals surface area contributed by atoms with E-state index in [1.165, 1.54) is 0 Å². The van der Waals surface area contributed by atoms with Crippen LogP contribution < -0.4 is 4.90 Å². The average molecular weight is 320 g/mol. The van der Waals surface area contributed by atoms with E-state index in [9.17, 15) is 5.26 Å². The number of ether oxygens (including phenoxy) is 1. The highest BCUT2D eigenvalue weighted by Gasteiger charge is 2.15. The average Bonchev–Trinajstić information content (AvgIpc) is 3.27. The number of aromatic amines is 1. The Balaban J connectivity index is 1.63. The number of furan rings is 1. The first-order valence-corrected chi connectivity index (χ1v) is 7.83. The number of nitrogens with one attached hydrogen (secondary N) is 1. The van der Waals surface area contributed by atoms with Gasteiger partial charge in [0.15, 0.2) is 5.88 Å². The Morgan fingerprint density at radius 1 is 1.21 bits per heavy atom. The molecule has 24 heavy (non-hydrogen) atoms. The highest BCUT2D eigenvalue weighted by Crippen LogP contribution is 2.24. The Kier molecular flexibility index (Phi) is 3.77. The molecule has 0 amide bonds. The summed E-state index contributed by atoms with van der Waals surface area (Å²) in [7, 11) is 0. The number of fused-ring (bicyclic) bond motifs is 1. The summed E-state index contributed by atoms with van der Waals surface area (Å²) < 4.78 is 11.2. The van der Waals surface area contributed by atoms with E-state index < -0.39 is 0 Å². The highest BCUT2D eigenvalue weighted by atomic mass is 16.5. The molecule has 0 atom stereocenters. The number of hydrogen-bond acceptors (Lipinski definition) is 5. The van der Waals surface area contributed by atoms with Crippen molar-refractivity contribution >= 4 is 28.6 Å². The predicted molar refractivity (Wildman–Crippen MR) is 91.3 cm³/mol. The smallest absolute Gasteiger partial charge is 0.196 e. The minimum absolute atomic E-state index is 0.439. The quantitative estimate of drug-likeness (QED) is 0.750. The van der Waals surface area contributed by atoms with Crippen LogP contribution in [0.3, 0.4) is 0 Å². The minimum Gasteiger partial charge on any atom is -0.441 e. The molecule has 3 heterocycles. The Morgan fingerprint density at radius 2 is 2.04 bits per heavy atom. The molecule has 0 saturated carbocycles.